The van der Waals surface area contributed by atoms with E-state index in [9.17, 15) is 33.9 Å². The van der Waals surface area contributed by atoms with Gasteiger partial charge in [-0.15, -0.1) is 0 Å². The first kappa shape index (κ1) is 48.5. The van der Waals surface area contributed by atoms with E-state index in [-0.39, 0.29) is 54.3 Å². The summed E-state index contributed by atoms with van der Waals surface area (Å²) in [6.45, 7) is 2.08. The van der Waals surface area contributed by atoms with Crippen molar-refractivity contribution < 1.29 is 33.9 Å². The number of anilines is 4. The number of imide groups is 1. The molecule has 2 atom stereocenters. The number of aliphatic carboxylic acids is 1. The number of fused-ring (bicyclic) bond motifs is 2. The van der Waals surface area contributed by atoms with Gasteiger partial charge in [0.25, 0.3) is 11.8 Å². The molecule has 352 valence electrons. The highest BCUT2D eigenvalue weighted by Gasteiger charge is 2.39. The third-order valence-electron chi connectivity index (χ3n) is 12.1. The van der Waals surface area contributed by atoms with Crippen LogP contribution in [0.5, 0.6) is 0 Å². The Hall–Kier alpha value is -6.92. The lowest BCUT2D eigenvalue weighted by atomic mass is 10.0. The number of carbonyl (C=O) groups excluding carboxylic acids is 5. The van der Waals surface area contributed by atoms with Crippen molar-refractivity contribution in [3.05, 3.63) is 71.0 Å². The van der Waals surface area contributed by atoms with Crippen molar-refractivity contribution in [1.29, 1.82) is 0 Å². The lowest BCUT2D eigenvalue weighted by Crippen LogP contribution is -2.52. The summed E-state index contributed by atoms with van der Waals surface area (Å²) < 4.78 is 0. The fourth-order valence-electron chi connectivity index (χ4n) is 8.34. The number of hydrogen-bond acceptors (Lipinski definition) is 14. The number of nitrogens with one attached hydrogen (secondary N) is 4. The molecule has 4 aromatic rings. The number of carboxylic acids is 1. The summed E-state index contributed by atoms with van der Waals surface area (Å²) in [5.74, 6) is -2.70. The maximum absolute atomic E-state index is 13.1. The summed E-state index contributed by atoms with van der Waals surface area (Å²) in [6.07, 6.45) is 15.6. The molecule has 9 N–H and O–H groups in total. The van der Waals surface area contributed by atoms with Crippen molar-refractivity contribution in [3.8, 4) is 0 Å². The van der Waals surface area contributed by atoms with Crippen LogP contribution >= 0.6 is 0 Å². The smallest absolute Gasteiger partial charge is 0.326 e. The van der Waals surface area contributed by atoms with Gasteiger partial charge in [0.1, 0.15) is 12.1 Å². The monoisotopic (exact) mass is 906 g/mol. The summed E-state index contributed by atoms with van der Waals surface area (Å²) in [6, 6.07) is 10.5. The average Bonchev–Trinajstić information content (AvgIpc) is 3.63. The largest absolute Gasteiger partial charge is 0.480 e. The number of piperidine rings is 1. The number of carboxylic acid groups (broad SMARTS) is 1. The van der Waals surface area contributed by atoms with E-state index >= 15 is 0 Å². The van der Waals surface area contributed by atoms with Gasteiger partial charge in [-0.2, -0.15) is 9.97 Å². The van der Waals surface area contributed by atoms with Crippen LogP contribution in [0.15, 0.2) is 48.7 Å². The molecule has 19 heteroatoms. The van der Waals surface area contributed by atoms with E-state index in [0.717, 1.165) is 62.0 Å². The molecule has 1 fully saturated rings. The third-order valence-corrected chi connectivity index (χ3v) is 12.1. The van der Waals surface area contributed by atoms with Gasteiger partial charge in [0.15, 0.2) is 17.0 Å². The van der Waals surface area contributed by atoms with Gasteiger partial charge in [0, 0.05) is 67.6 Å². The van der Waals surface area contributed by atoms with E-state index in [1.165, 1.54) is 38.5 Å². The first-order valence-electron chi connectivity index (χ1n) is 23.0. The van der Waals surface area contributed by atoms with Crippen LogP contribution in [0.3, 0.4) is 0 Å². The zero-order chi connectivity index (χ0) is 47.0. The van der Waals surface area contributed by atoms with Crippen LogP contribution in [0.2, 0.25) is 0 Å². The SMILES string of the molecule is CN(Cc1cnc2nc(N)nc(N)c2n1)c1ccc(C(=O)N[C@@H](CCC(=O)NCCCCCCCCCCCCCCNc2cccc3c2CN(C2CCC(=O)NC2=O)C3=O)C(=O)O)cc1. The van der Waals surface area contributed by atoms with Gasteiger partial charge < -0.3 is 42.3 Å². The molecule has 2 aliphatic rings. The predicted octanol–water partition coefficient (Wildman–Crippen LogP) is 4.85. The quantitative estimate of drug-likeness (QED) is 0.0327. The Kier molecular flexibility index (Phi) is 17.5. The summed E-state index contributed by atoms with van der Waals surface area (Å²) in [7, 11) is 1.85. The minimum atomic E-state index is -1.22. The summed E-state index contributed by atoms with van der Waals surface area (Å²) in [5.41, 5.74) is 16.4. The van der Waals surface area contributed by atoms with E-state index in [2.05, 4.69) is 41.2 Å². The van der Waals surface area contributed by atoms with Crippen LogP contribution in [-0.2, 0) is 32.3 Å². The first-order chi connectivity index (χ1) is 31.9. The van der Waals surface area contributed by atoms with Crippen molar-refractivity contribution >= 4 is 69.8 Å². The van der Waals surface area contributed by atoms with Gasteiger partial charge in [0.2, 0.25) is 23.7 Å². The Labute approximate surface area is 384 Å². The molecule has 0 radical (unpaired) electrons. The fraction of sp³-hybridized carbons (Fsp3) is 0.489. The molecule has 19 nitrogen and oxygen atoms in total. The van der Waals surface area contributed by atoms with Crippen molar-refractivity contribution in [2.75, 3.05) is 41.8 Å². The molecule has 66 heavy (non-hydrogen) atoms. The lowest BCUT2D eigenvalue weighted by Gasteiger charge is -2.29. The molecule has 0 spiro atoms. The summed E-state index contributed by atoms with van der Waals surface area (Å²) in [5, 5.41) is 21.0. The molecule has 2 aliphatic heterocycles. The Morgan fingerprint density at radius 3 is 2.21 bits per heavy atom. The molecular formula is C47H62N12O7. The zero-order valence-electron chi connectivity index (χ0n) is 37.7. The van der Waals surface area contributed by atoms with E-state index in [1.807, 2.05) is 24.1 Å². The zero-order valence-corrected chi connectivity index (χ0v) is 37.7. The molecule has 2 aromatic carbocycles. The number of nitrogens with zero attached hydrogens (tertiary/aromatic N) is 6. The van der Waals surface area contributed by atoms with Crippen LogP contribution in [0.25, 0.3) is 11.2 Å². The Balaban J connectivity index is 0.753. The van der Waals surface area contributed by atoms with Gasteiger partial charge >= 0.3 is 5.97 Å². The van der Waals surface area contributed by atoms with Gasteiger partial charge in [0.05, 0.1) is 18.4 Å². The van der Waals surface area contributed by atoms with Gasteiger partial charge in [-0.3, -0.25) is 29.3 Å². The Morgan fingerprint density at radius 1 is 0.879 bits per heavy atom. The fourth-order valence-corrected chi connectivity index (χ4v) is 8.34. The first-order valence-corrected chi connectivity index (χ1v) is 23.0. The number of benzene rings is 2. The molecule has 1 saturated heterocycles. The standard InChI is InChI=1S/C47H62N12O7/c1-58(28-31-27-52-42-40(53-31)41(48)56-47(49)57-42)32-19-17-30(18-20-32)43(62)54-36(46(65)66)21-23-38(60)51-26-13-11-9-7-5-3-2-4-6-8-10-12-25-50-35-16-14-15-33-34(35)29-59(45(33)64)37-22-24-39(61)55-44(37)63/h14-20,27,36-37,50H,2-13,21-26,28-29H2,1H3,(H,51,60)(H,54,62)(H,65,66)(H,55,61,63)(H4,48,49,52,56,57)/t36-,37?/m0/s1. The van der Waals surface area contributed by atoms with Crippen molar-refractivity contribution in [3.63, 3.8) is 0 Å². The van der Waals surface area contributed by atoms with E-state index in [1.54, 1.807) is 41.4 Å². The second-order valence-electron chi connectivity index (χ2n) is 17.1. The Morgan fingerprint density at radius 2 is 1.55 bits per heavy atom. The molecule has 6 rings (SSSR count). The maximum Gasteiger partial charge on any atom is 0.326 e. The third kappa shape index (κ3) is 13.6. The minimum absolute atomic E-state index is 0.0158. The minimum Gasteiger partial charge on any atom is -0.480 e. The molecule has 1 unspecified atom stereocenters. The number of unbranched alkanes of at least 4 members (excludes halogenated alkanes) is 11. The van der Waals surface area contributed by atoms with Crippen LogP contribution in [-0.4, -0.2) is 97.7 Å². The van der Waals surface area contributed by atoms with E-state index in [4.69, 9.17) is 11.5 Å². The highest BCUT2D eigenvalue weighted by atomic mass is 16.4. The lowest BCUT2D eigenvalue weighted by molar-refractivity contribution is -0.140. The van der Waals surface area contributed by atoms with Crippen molar-refractivity contribution in [2.45, 2.75) is 128 Å². The normalized spacial score (nSPS) is 15.0. The predicted molar refractivity (Wildman–Crippen MR) is 250 cm³/mol. The van der Waals surface area contributed by atoms with Crippen LogP contribution in [0.4, 0.5) is 23.1 Å². The topological polar surface area (TPSA) is 281 Å². The maximum atomic E-state index is 13.1. The number of nitrogen functional groups attached to an aromatic ring is 2. The number of nitrogens with two attached hydrogens (primary N) is 2. The van der Waals surface area contributed by atoms with Gasteiger partial charge in [-0.05, 0) is 62.1 Å². The molecule has 5 amide bonds. The van der Waals surface area contributed by atoms with Crippen LogP contribution < -0.4 is 37.6 Å². The molecule has 4 heterocycles. The van der Waals surface area contributed by atoms with E-state index < -0.39 is 29.9 Å². The second-order valence-corrected chi connectivity index (χ2v) is 17.1. The molecule has 0 saturated carbocycles. The molecule has 0 bridgehead atoms. The molecular weight excluding hydrogens is 845 g/mol. The average molecular weight is 907 g/mol. The number of amides is 5. The van der Waals surface area contributed by atoms with E-state index in [0.29, 0.717) is 48.5 Å². The van der Waals surface area contributed by atoms with Gasteiger partial charge in [-0.1, -0.05) is 70.3 Å². The van der Waals surface area contributed by atoms with Crippen molar-refractivity contribution in [1.82, 2.24) is 40.8 Å². The van der Waals surface area contributed by atoms with Crippen molar-refractivity contribution in [2.24, 2.45) is 0 Å². The molecule has 2 aromatic heterocycles. The van der Waals surface area contributed by atoms with Crippen LogP contribution in [0.1, 0.15) is 135 Å². The highest BCUT2D eigenvalue weighted by Crippen LogP contribution is 2.32. The molecule has 0 aliphatic carbocycles. The summed E-state index contributed by atoms with van der Waals surface area (Å²) >= 11 is 0. The summed E-state index contributed by atoms with van der Waals surface area (Å²) in [4.78, 5) is 94.6. The van der Waals surface area contributed by atoms with Gasteiger partial charge in [-0.25, -0.2) is 14.8 Å². The number of rotatable bonds is 26. The highest BCUT2D eigenvalue weighted by molar-refractivity contribution is 6.06. The number of aromatic nitrogens is 4. The second kappa shape index (κ2) is 23.8. The number of hydrogen-bond donors (Lipinski definition) is 7. The Bertz CT molecular complexity index is 2360. The number of carbonyl (C=O) groups is 6. The van der Waals surface area contributed by atoms with Crippen LogP contribution in [0, 0.1) is 0 Å².